The van der Waals surface area contributed by atoms with Gasteiger partial charge in [0.25, 0.3) is 5.91 Å². The van der Waals surface area contributed by atoms with Crippen LogP contribution in [0, 0.1) is 0 Å². The van der Waals surface area contributed by atoms with Crippen molar-refractivity contribution in [2.45, 2.75) is 6.92 Å². The van der Waals surface area contributed by atoms with Gasteiger partial charge >= 0.3 is 11.3 Å². The Balaban J connectivity index is 1.46. The number of hydrogen-bond donors (Lipinski definition) is 1. The minimum absolute atomic E-state index is 0.145. The summed E-state index contributed by atoms with van der Waals surface area (Å²) < 4.78 is 11.9. The number of aliphatic imine (C=N–C) groups is 1. The van der Waals surface area contributed by atoms with Gasteiger partial charge in [-0.1, -0.05) is 66.4 Å². The summed E-state index contributed by atoms with van der Waals surface area (Å²) in [6.45, 7) is 2.37. The van der Waals surface area contributed by atoms with Crippen LogP contribution < -0.4 is 19.9 Å². The molecule has 190 valence electrons. The number of nitrogens with one attached hydrogen (secondary N) is 1. The van der Waals surface area contributed by atoms with E-state index in [-0.39, 0.29) is 23.1 Å². The van der Waals surface area contributed by atoms with Crippen LogP contribution >= 0.6 is 11.8 Å². The summed E-state index contributed by atoms with van der Waals surface area (Å²) in [5, 5.41) is 2.79. The number of anilines is 1. The summed E-state index contributed by atoms with van der Waals surface area (Å²) in [7, 11) is 0. The van der Waals surface area contributed by atoms with E-state index in [1.807, 2.05) is 55.5 Å². The van der Waals surface area contributed by atoms with E-state index in [2.05, 4.69) is 10.3 Å². The number of aromatic nitrogens is 2. The second-order valence-corrected chi connectivity index (χ2v) is 9.03. The molecule has 1 N–H and O–H groups in total. The summed E-state index contributed by atoms with van der Waals surface area (Å²) in [6.07, 6.45) is 1.67. The van der Waals surface area contributed by atoms with Gasteiger partial charge in [-0.15, -0.1) is 0 Å². The zero-order valence-electron chi connectivity index (χ0n) is 20.4. The Labute approximate surface area is 222 Å². The molecule has 4 aromatic rings. The van der Waals surface area contributed by atoms with Gasteiger partial charge in [-0.05, 0) is 41.2 Å². The third-order valence-electron chi connectivity index (χ3n) is 5.61. The van der Waals surface area contributed by atoms with Crippen molar-refractivity contribution >= 4 is 40.4 Å². The van der Waals surface area contributed by atoms with Crippen LogP contribution in [0.1, 0.15) is 23.0 Å². The van der Waals surface area contributed by atoms with Gasteiger partial charge in [0.1, 0.15) is 11.4 Å². The third-order valence-corrected chi connectivity index (χ3v) is 6.55. The van der Waals surface area contributed by atoms with Crippen molar-refractivity contribution in [1.82, 2.24) is 5.27 Å². The minimum atomic E-state index is -0.781. The molecule has 5 rings (SSSR count). The number of hydrogen-bond acceptors (Lipinski definition) is 7. The molecule has 38 heavy (non-hydrogen) atoms. The van der Waals surface area contributed by atoms with Gasteiger partial charge in [0.15, 0.2) is 5.17 Å². The quantitative estimate of drug-likeness (QED) is 0.211. The van der Waals surface area contributed by atoms with Crippen LogP contribution in [0.3, 0.4) is 0 Å². The SMILES string of the molecule is CCOc1ccccc1/C=C1/N=C(SCC(=O)c2c(=O)o[nH][n+]2-c2ccccc2)N(c2ccccc2)C1=O. The fourth-order valence-corrected chi connectivity index (χ4v) is 4.78. The molecule has 0 radical (unpaired) electrons. The molecule has 0 bridgehead atoms. The minimum Gasteiger partial charge on any atom is -0.493 e. The number of benzene rings is 3. The number of H-pyrrole nitrogens is 1. The molecule has 1 aliphatic rings. The van der Waals surface area contributed by atoms with E-state index in [1.165, 1.54) is 9.58 Å². The molecule has 9 nitrogen and oxygen atoms in total. The number of Topliss-reactive ketones (excluding diaryl/α,β-unsaturated/α-hetero) is 1. The van der Waals surface area contributed by atoms with Gasteiger partial charge in [0.2, 0.25) is 11.5 Å². The number of nitrogens with zero attached hydrogens (tertiary/aromatic N) is 3. The van der Waals surface area contributed by atoms with Crippen LogP contribution in [-0.4, -0.2) is 34.5 Å². The first-order valence-electron chi connectivity index (χ1n) is 11.8. The molecule has 3 aromatic carbocycles. The smallest absolute Gasteiger partial charge is 0.438 e. The number of thioether (sulfide) groups is 1. The number of amidine groups is 1. The van der Waals surface area contributed by atoms with E-state index >= 15 is 0 Å². The van der Waals surface area contributed by atoms with E-state index < -0.39 is 11.4 Å². The first kappa shape index (κ1) is 25.0. The zero-order chi connectivity index (χ0) is 26.5. The standard InChI is InChI=1S/C28H22N4O5S/c1-2-36-24-16-10-9-11-19(24)17-22-26(34)31(20-12-5-3-6-13-20)28(29-22)38-18-23(33)25-27(35)37-30-32(25)21-14-7-4-8-15-21/h3-17H,2,18H2,1H3/p+1/b22-17+. The van der Waals surface area contributed by atoms with Crippen molar-refractivity contribution in [1.29, 1.82) is 0 Å². The predicted octanol–water partition coefficient (Wildman–Crippen LogP) is 4.00. The zero-order valence-corrected chi connectivity index (χ0v) is 21.2. The molecule has 0 spiro atoms. The molecule has 10 heteroatoms. The maximum atomic E-state index is 13.5. The van der Waals surface area contributed by atoms with Gasteiger partial charge in [0.05, 0.1) is 18.0 Å². The molecular formula is C28H23N4O5S+. The molecule has 1 aromatic heterocycles. The Bertz CT molecular complexity index is 1590. The number of carbonyl (C=O) groups is 2. The Morgan fingerprint density at radius 3 is 2.45 bits per heavy atom. The molecule has 0 saturated carbocycles. The van der Waals surface area contributed by atoms with Crippen LogP contribution in [0.5, 0.6) is 5.75 Å². The summed E-state index contributed by atoms with van der Waals surface area (Å²) in [4.78, 5) is 45.1. The molecule has 1 amide bonds. The predicted molar refractivity (Wildman–Crippen MR) is 145 cm³/mol. The second kappa shape index (κ2) is 11.1. The van der Waals surface area contributed by atoms with Crippen molar-refractivity contribution in [3.05, 3.63) is 112 Å². The van der Waals surface area contributed by atoms with Crippen LogP contribution in [0.2, 0.25) is 0 Å². The van der Waals surface area contributed by atoms with Gasteiger partial charge in [-0.3, -0.25) is 19.0 Å². The van der Waals surface area contributed by atoms with E-state index in [4.69, 9.17) is 9.26 Å². The number of ether oxygens (including phenoxy) is 1. The molecule has 1 aliphatic heterocycles. The van der Waals surface area contributed by atoms with Crippen molar-refractivity contribution in [3.63, 3.8) is 0 Å². The van der Waals surface area contributed by atoms with Crippen molar-refractivity contribution in [2.24, 2.45) is 4.99 Å². The van der Waals surface area contributed by atoms with Gasteiger partial charge in [0, 0.05) is 17.7 Å². The molecule has 0 saturated heterocycles. The number of aromatic amines is 1. The van der Waals surface area contributed by atoms with Crippen LogP contribution in [-0.2, 0) is 4.79 Å². The first-order chi connectivity index (χ1) is 18.6. The lowest BCUT2D eigenvalue weighted by Crippen LogP contribution is -2.41. The third kappa shape index (κ3) is 5.07. The van der Waals surface area contributed by atoms with Gasteiger partial charge < -0.3 is 4.74 Å². The Morgan fingerprint density at radius 2 is 1.71 bits per heavy atom. The number of amides is 1. The number of rotatable bonds is 8. The fraction of sp³-hybridized carbons (Fsp3) is 0.107. The Morgan fingerprint density at radius 1 is 1.03 bits per heavy atom. The number of carbonyl (C=O) groups excluding carboxylic acids is 2. The van der Waals surface area contributed by atoms with Crippen LogP contribution in [0.25, 0.3) is 11.8 Å². The molecule has 0 atom stereocenters. The topological polar surface area (TPSA) is 109 Å². The van der Waals surface area contributed by atoms with Crippen molar-refractivity contribution < 1.29 is 23.5 Å². The lowest BCUT2D eigenvalue weighted by atomic mass is 10.1. The molecule has 0 aliphatic carbocycles. The number of ketones is 1. The first-order valence-corrected chi connectivity index (χ1v) is 12.8. The van der Waals surface area contributed by atoms with Crippen LogP contribution in [0.4, 0.5) is 5.69 Å². The Hall–Kier alpha value is -4.70. The van der Waals surface area contributed by atoms with Crippen molar-refractivity contribution in [3.8, 4) is 11.4 Å². The molecule has 0 fully saturated rings. The Kier molecular flexibility index (Phi) is 7.32. The largest absolute Gasteiger partial charge is 0.493 e. The monoisotopic (exact) mass is 527 g/mol. The number of para-hydroxylation sites is 3. The lowest BCUT2D eigenvalue weighted by molar-refractivity contribution is -0.672. The van der Waals surface area contributed by atoms with E-state index in [1.54, 1.807) is 42.5 Å². The van der Waals surface area contributed by atoms with E-state index in [0.717, 1.165) is 11.8 Å². The summed E-state index contributed by atoms with van der Waals surface area (Å²) in [5.41, 5.74) is 1.17. The summed E-state index contributed by atoms with van der Waals surface area (Å²) >= 11 is 1.06. The van der Waals surface area contributed by atoms with Gasteiger partial charge in [-0.25, -0.2) is 9.79 Å². The van der Waals surface area contributed by atoms with Crippen molar-refractivity contribution in [2.75, 3.05) is 17.3 Å². The maximum Gasteiger partial charge on any atom is 0.438 e. The highest BCUT2D eigenvalue weighted by molar-refractivity contribution is 8.14. The van der Waals surface area contributed by atoms with Crippen LogP contribution in [0.15, 0.2) is 105 Å². The normalized spacial score (nSPS) is 14.1. The highest BCUT2D eigenvalue weighted by Gasteiger charge is 2.35. The molecule has 2 heterocycles. The lowest BCUT2D eigenvalue weighted by Gasteiger charge is -2.17. The summed E-state index contributed by atoms with van der Waals surface area (Å²) in [5.74, 6) is -0.319. The average Bonchev–Trinajstić information content (AvgIpc) is 3.48. The van der Waals surface area contributed by atoms with E-state index in [0.29, 0.717) is 34.5 Å². The molecule has 0 unspecified atom stereocenters. The molecular weight excluding hydrogens is 504 g/mol. The van der Waals surface area contributed by atoms with E-state index in [9.17, 15) is 14.4 Å². The highest BCUT2D eigenvalue weighted by atomic mass is 32.2. The maximum absolute atomic E-state index is 13.5. The fourth-order valence-electron chi connectivity index (χ4n) is 3.90. The summed E-state index contributed by atoms with van der Waals surface area (Å²) in [6, 6.07) is 25.3. The highest BCUT2D eigenvalue weighted by Crippen LogP contribution is 2.31. The second-order valence-electron chi connectivity index (χ2n) is 8.08. The van der Waals surface area contributed by atoms with Gasteiger partial charge in [-0.2, -0.15) is 0 Å². The average molecular weight is 528 g/mol.